The molecule has 1 rings (SSSR count). The van der Waals surface area contributed by atoms with Crippen LogP contribution in [-0.2, 0) is 14.3 Å². The Morgan fingerprint density at radius 2 is 2.24 bits per heavy atom. The van der Waals surface area contributed by atoms with E-state index in [0.717, 1.165) is 6.42 Å². The molecule has 6 nitrogen and oxygen atoms in total. The number of rotatable bonds is 3. The number of thiocarbonyl (C=S) groups is 1. The van der Waals surface area contributed by atoms with Gasteiger partial charge in [0.05, 0.1) is 23.7 Å². The lowest BCUT2D eigenvalue weighted by Crippen LogP contribution is -2.49. The summed E-state index contributed by atoms with van der Waals surface area (Å²) in [5, 5.41) is 2.36. The Balaban J connectivity index is 2.51. The highest BCUT2D eigenvalue weighted by molar-refractivity contribution is 7.80. The average Bonchev–Trinajstić information content (AvgIpc) is 2.70. The molecule has 0 saturated carbocycles. The van der Waals surface area contributed by atoms with Crippen LogP contribution in [0.5, 0.6) is 0 Å². The average molecular weight is 259 g/mol. The molecule has 17 heavy (non-hydrogen) atoms. The van der Waals surface area contributed by atoms with E-state index in [0.29, 0.717) is 6.61 Å². The molecule has 1 aliphatic rings. The van der Waals surface area contributed by atoms with Gasteiger partial charge in [0.1, 0.15) is 0 Å². The van der Waals surface area contributed by atoms with E-state index in [-0.39, 0.29) is 23.7 Å². The minimum absolute atomic E-state index is 0.0322. The van der Waals surface area contributed by atoms with E-state index >= 15 is 0 Å². The maximum absolute atomic E-state index is 11.8. The third-order valence-electron chi connectivity index (χ3n) is 2.77. The zero-order valence-corrected chi connectivity index (χ0v) is 10.8. The van der Waals surface area contributed by atoms with Gasteiger partial charge in [0.25, 0.3) is 0 Å². The Morgan fingerprint density at radius 1 is 1.59 bits per heavy atom. The van der Waals surface area contributed by atoms with E-state index in [9.17, 15) is 9.59 Å². The van der Waals surface area contributed by atoms with E-state index in [1.54, 1.807) is 7.05 Å². The first-order valence-corrected chi connectivity index (χ1v) is 5.79. The molecule has 2 amide bonds. The summed E-state index contributed by atoms with van der Waals surface area (Å²) in [6, 6.07) is -0.0573. The third kappa shape index (κ3) is 3.64. The minimum atomic E-state index is -0.695. The molecule has 0 aromatic carbocycles. The molecule has 2 atom stereocenters. The van der Waals surface area contributed by atoms with Gasteiger partial charge < -0.3 is 20.7 Å². The molecular weight excluding hydrogens is 242 g/mol. The zero-order valence-electron chi connectivity index (χ0n) is 9.93. The minimum Gasteiger partial charge on any atom is -0.392 e. The third-order valence-corrected chi connectivity index (χ3v) is 2.92. The lowest BCUT2D eigenvalue weighted by molar-refractivity contribution is -0.146. The normalized spacial score (nSPS) is 23.2. The maximum atomic E-state index is 11.8. The van der Waals surface area contributed by atoms with Crippen LogP contribution in [0.1, 0.15) is 13.3 Å². The van der Waals surface area contributed by atoms with Crippen molar-refractivity contribution in [3.8, 4) is 0 Å². The largest absolute Gasteiger partial charge is 0.392 e. The predicted octanol–water partition coefficient (Wildman–Crippen LogP) is -0.975. The van der Waals surface area contributed by atoms with E-state index < -0.39 is 11.8 Å². The van der Waals surface area contributed by atoms with Gasteiger partial charge in [0.15, 0.2) is 0 Å². The van der Waals surface area contributed by atoms with Crippen molar-refractivity contribution in [2.24, 2.45) is 5.73 Å². The van der Waals surface area contributed by atoms with Crippen molar-refractivity contribution in [1.29, 1.82) is 0 Å². The van der Waals surface area contributed by atoms with Gasteiger partial charge in [-0.2, -0.15) is 0 Å². The number of likely N-dealkylation sites (N-methyl/N-ethyl adjacent to an activating group) is 1. The summed E-state index contributed by atoms with van der Waals surface area (Å²) in [6.07, 6.45) is 0.693. The van der Waals surface area contributed by atoms with Crippen LogP contribution in [0.4, 0.5) is 0 Å². The summed E-state index contributed by atoms with van der Waals surface area (Å²) in [5.74, 6) is -1.29. The van der Waals surface area contributed by atoms with Gasteiger partial charge in [0, 0.05) is 13.7 Å². The summed E-state index contributed by atoms with van der Waals surface area (Å²) < 4.78 is 5.35. The Labute approximate surface area is 105 Å². The number of ether oxygens (including phenoxy) is 1. The maximum Gasteiger partial charge on any atom is 0.311 e. The van der Waals surface area contributed by atoms with Crippen LogP contribution in [0.25, 0.3) is 0 Å². The fourth-order valence-corrected chi connectivity index (χ4v) is 1.85. The van der Waals surface area contributed by atoms with Crippen LogP contribution in [0.3, 0.4) is 0 Å². The second-order valence-electron chi connectivity index (χ2n) is 4.00. The first kappa shape index (κ1) is 13.9. The van der Waals surface area contributed by atoms with Gasteiger partial charge in [-0.15, -0.1) is 0 Å². The number of nitrogens with two attached hydrogens (primary N) is 1. The summed E-state index contributed by atoms with van der Waals surface area (Å²) in [6.45, 7) is 2.52. The van der Waals surface area contributed by atoms with Crippen LogP contribution in [-0.4, -0.2) is 54.0 Å². The van der Waals surface area contributed by atoms with Crippen molar-refractivity contribution in [2.45, 2.75) is 25.5 Å². The number of carbonyl (C=O) groups excluding carboxylic acids is 2. The smallest absolute Gasteiger partial charge is 0.311 e. The SMILES string of the molecule is CC1OCCC1N(C)C(=O)C(=O)NCC(N)=S. The molecule has 0 aliphatic carbocycles. The van der Waals surface area contributed by atoms with Crippen LogP contribution < -0.4 is 11.1 Å². The van der Waals surface area contributed by atoms with Gasteiger partial charge in [-0.3, -0.25) is 9.59 Å². The summed E-state index contributed by atoms with van der Waals surface area (Å²) >= 11 is 4.61. The molecule has 0 bridgehead atoms. The van der Waals surface area contributed by atoms with Crippen molar-refractivity contribution in [1.82, 2.24) is 10.2 Å². The van der Waals surface area contributed by atoms with Crippen LogP contribution in [0.15, 0.2) is 0 Å². The highest BCUT2D eigenvalue weighted by atomic mass is 32.1. The predicted molar refractivity (Wildman–Crippen MR) is 66.4 cm³/mol. The summed E-state index contributed by atoms with van der Waals surface area (Å²) in [7, 11) is 1.60. The highest BCUT2D eigenvalue weighted by Gasteiger charge is 2.32. The molecule has 2 unspecified atom stereocenters. The van der Waals surface area contributed by atoms with Gasteiger partial charge >= 0.3 is 11.8 Å². The van der Waals surface area contributed by atoms with Crippen molar-refractivity contribution in [3.05, 3.63) is 0 Å². The van der Waals surface area contributed by atoms with Crippen molar-refractivity contribution >= 4 is 29.0 Å². The zero-order chi connectivity index (χ0) is 13.0. The molecule has 1 fully saturated rings. The summed E-state index contributed by atoms with van der Waals surface area (Å²) in [5.41, 5.74) is 5.23. The Kier molecular flexibility index (Phi) is 4.83. The molecule has 0 aromatic heterocycles. The monoisotopic (exact) mass is 259 g/mol. The fraction of sp³-hybridized carbons (Fsp3) is 0.700. The molecule has 0 aromatic rings. The van der Waals surface area contributed by atoms with Crippen molar-refractivity contribution in [2.75, 3.05) is 20.2 Å². The van der Waals surface area contributed by atoms with Gasteiger partial charge in [0.2, 0.25) is 0 Å². The molecule has 1 saturated heterocycles. The van der Waals surface area contributed by atoms with E-state index in [4.69, 9.17) is 10.5 Å². The molecule has 96 valence electrons. The molecule has 7 heteroatoms. The Morgan fingerprint density at radius 3 is 2.71 bits per heavy atom. The number of hydrogen-bond donors (Lipinski definition) is 2. The van der Waals surface area contributed by atoms with Gasteiger partial charge in [-0.1, -0.05) is 12.2 Å². The molecule has 3 N–H and O–H groups in total. The van der Waals surface area contributed by atoms with E-state index in [1.165, 1.54) is 4.90 Å². The molecule has 0 radical (unpaired) electrons. The number of carbonyl (C=O) groups is 2. The van der Waals surface area contributed by atoms with Gasteiger partial charge in [-0.25, -0.2) is 0 Å². The van der Waals surface area contributed by atoms with Crippen molar-refractivity contribution < 1.29 is 14.3 Å². The van der Waals surface area contributed by atoms with Crippen molar-refractivity contribution in [3.63, 3.8) is 0 Å². The van der Waals surface area contributed by atoms with Gasteiger partial charge in [-0.05, 0) is 13.3 Å². The molecule has 0 spiro atoms. The second-order valence-corrected chi connectivity index (χ2v) is 4.52. The lowest BCUT2D eigenvalue weighted by Gasteiger charge is -2.26. The number of nitrogens with zero attached hydrogens (tertiary/aromatic N) is 1. The fourth-order valence-electron chi connectivity index (χ4n) is 1.78. The summed E-state index contributed by atoms with van der Waals surface area (Å²) in [4.78, 5) is 24.8. The topological polar surface area (TPSA) is 84.7 Å². The quantitative estimate of drug-likeness (QED) is 0.503. The Hall–Kier alpha value is -1.21. The second kappa shape index (κ2) is 5.92. The van der Waals surface area contributed by atoms with Crippen LogP contribution in [0.2, 0.25) is 0 Å². The Bertz CT molecular complexity index is 335. The molecule has 1 heterocycles. The first-order valence-electron chi connectivity index (χ1n) is 5.38. The first-order chi connectivity index (χ1) is 7.93. The molecular formula is C10H17N3O3S. The standard InChI is InChI=1S/C10H17N3O3S/c1-6-7(3-4-16-6)13(2)10(15)9(14)12-5-8(11)17/h6-7H,3-5H2,1-2H3,(H2,11,17)(H,12,14). The molecule has 1 aliphatic heterocycles. The number of amides is 2. The van der Waals surface area contributed by atoms with E-state index in [2.05, 4.69) is 17.5 Å². The lowest BCUT2D eigenvalue weighted by atomic mass is 10.1. The number of nitrogens with one attached hydrogen (secondary N) is 1. The van der Waals surface area contributed by atoms with Crippen LogP contribution >= 0.6 is 12.2 Å². The van der Waals surface area contributed by atoms with Crippen LogP contribution in [0, 0.1) is 0 Å². The highest BCUT2D eigenvalue weighted by Crippen LogP contribution is 2.18. The van der Waals surface area contributed by atoms with E-state index in [1.807, 2.05) is 6.92 Å². The number of hydrogen-bond acceptors (Lipinski definition) is 4.